The molecular weight excluding hydrogens is 527 g/mol. The Morgan fingerprint density at radius 2 is 1.93 bits per heavy atom. The molecule has 40 heavy (non-hydrogen) atoms. The lowest BCUT2D eigenvalue weighted by molar-refractivity contribution is 0.0749. The van der Waals surface area contributed by atoms with Crippen LogP contribution < -0.4 is 0 Å². The Bertz CT molecular complexity index is 1740. The van der Waals surface area contributed by atoms with Gasteiger partial charge in [0.25, 0.3) is 0 Å². The maximum absolute atomic E-state index is 14.4. The summed E-state index contributed by atoms with van der Waals surface area (Å²) in [5, 5.41) is 8.80. The van der Waals surface area contributed by atoms with E-state index in [9.17, 15) is 13.4 Å². The van der Waals surface area contributed by atoms with Gasteiger partial charge in [0.1, 0.15) is 11.5 Å². The quantitative estimate of drug-likeness (QED) is 0.258. The van der Waals surface area contributed by atoms with Gasteiger partial charge >= 0.3 is 0 Å². The number of pyridine rings is 1. The largest absolute Gasteiger partial charge is 0.291 e. The number of benzene rings is 1. The van der Waals surface area contributed by atoms with Crippen molar-refractivity contribution >= 4 is 27.4 Å². The van der Waals surface area contributed by atoms with Gasteiger partial charge in [-0.15, -0.1) is 0 Å². The van der Waals surface area contributed by atoms with Crippen molar-refractivity contribution in [2.24, 2.45) is 12.5 Å². The number of rotatable bonds is 6. The fraction of sp³-hybridized carbons (Fsp3) is 0.300. The van der Waals surface area contributed by atoms with Gasteiger partial charge in [-0.3, -0.25) is 14.5 Å². The molecule has 0 amide bonds. The third-order valence-electron chi connectivity index (χ3n) is 8.31. The van der Waals surface area contributed by atoms with E-state index in [1.165, 1.54) is 12.1 Å². The van der Waals surface area contributed by atoms with E-state index >= 15 is 0 Å². The molecule has 1 saturated carbocycles. The summed E-state index contributed by atoms with van der Waals surface area (Å²) in [4.78, 5) is 19.5. The van der Waals surface area contributed by atoms with Crippen LogP contribution in [0.1, 0.15) is 46.6 Å². The lowest BCUT2D eigenvalue weighted by Gasteiger charge is -2.46. The number of nitrogens with zero attached hydrogens (tertiary/aromatic N) is 6. The zero-order valence-corrected chi connectivity index (χ0v) is 23.6. The number of aryl methyl sites for hydroxylation is 2. The number of fused-ring (bicyclic) bond motifs is 2. The van der Waals surface area contributed by atoms with Gasteiger partial charge in [0, 0.05) is 25.5 Å². The molecule has 6 rings (SSSR count). The van der Waals surface area contributed by atoms with E-state index in [1.807, 2.05) is 24.3 Å². The van der Waals surface area contributed by atoms with Crippen LogP contribution in [-0.2, 0) is 23.2 Å². The summed E-state index contributed by atoms with van der Waals surface area (Å²) in [6.45, 7) is 1.94. The maximum atomic E-state index is 14.4. The molecular formula is C30H31FN6O2S. The van der Waals surface area contributed by atoms with Crippen LogP contribution >= 0.6 is 0 Å². The predicted molar refractivity (Wildman–Crippen MR) is 153 cm³/mol. The number of aromatic nitrogens is 5. The summed E-state index contributed by atoms with van der Waals surface area (Å²) in [5.74, 6) is 3.74. The lowest BCUT2D eigenvalue weighted by Crippen LogP contribution is -2.49. The van der Waals surface area contributed by atoms with E-state index in [1.54, 1.807) is 59.4 Å². The van der Waals surface area contributed by atoms with Crippen LogP contribution in [0, 0.1) is 18.2 Å². The molecule has 1 aromatic carbocycles. The minimum atomic E-state index is -2.82. The average Bonchev–Trinajstić information content (AvgIpc) is 3.57. The average molecular weight is 559 g/mol. The second-order valence-corrected chi connectivity index (χ2v) is 13.2. The third-order valence-corrected chi connectivity index (χ3v) is 10.5. The summed E-state index contributed by atoms with van der Waals surface area (Å²) in [5.41, 5.74) is 4.11. The zero-order valence-electron chi connectivity index (χ0n) is 22.7. The van der Waals surface area contributed by atoms with E-state index < -0.39 is 15.1 Å². The summed E-state index contributed by atoms with van der Waals surface area (Å²) in [7, 11) is 0.789. The molecule has 2 aliphatic carbocycles. The number of carbonyl (C=O) groups is 1. The second-order valence-electron chi connectivity index (χ2n) is 10.9. The summed E-state index contributed by atoms with van der Waals surface area (Å²) >= 11 is 0. The fourth-order valence-electron chi connectivity index (χ4n) is 6.00. The SMILES string of the molecule is C=S(=O)(c1cnn(C)c1)N(C)[C@H]1CCC2=Cc3c(cnn3-c3ccc(F)cc3)C[C@]2(C(=O)c2ccc(C)cn2)C1. The molecule has 3 heterocycles. The molecule has 0 bridgehead atoms. The number of hydrogen-bond acceptors (Lipinski definition) is 5. The molecule has 8 nitrogen and oxygen atoms in total. The molecule has 0 spiro atoms. The summed E-state index contributed by atoms with van der Waals surface area (Å²) in [6.07, 6.45) is 11.2. The van der Waals surface area contributed by atoms with E-state index in [0.717, 1.165) is 28.1 Å². The second kappa shape index (κ2) is 9.64. The van der Waals surface area contributed by atoms with Gasteiger partial charge in [0.2, 0.25) is 0 Å². The fourth-order valence-corrected chi connectivity index (χ4v) is 7.52. The van der Waals surface area contributed by atoms with E-state index in [-0.39, 0.29) is 17.6 Å². The van der Waals surface area contributed by atoms with Gasteiger partial charge < -0.3 is 0 Å². The minimum Gasteiger partial charge on any atom is -0.291 e. The molecule has 4 aromatic rings. The van der Waals surface area contributed by atoms with Crippen molar-refractivity contribution in [3.8, 4) is 5.69 Å². The van der Waals surface area contributed by atoms with Crippen molar-refractivity contribution in [1.29, 1.82) is 0 Å². The number of halogens is 1. The number of carbonyl (C=O) groups excluding carboxylic acids is 1. The molecule has 0 aliphatic heterocycles. The molecule has 1 unspecified atom stereocenters. The van der Waals surface area contributed by atoms with Gasteiger partial charge in [-0.2, -0.15) is 10.2 Å². The first-order valence-electron chi connectivity index (χ1n) is 13.2. The van der Waals surface area contributed by atoms with Crippen LogP contribution in [0.15, 0.2) is 71.7 Å². The molecule has 3 atom stereocenters. The highest BCUT2D eigenvalue weighted by Gasteiger charge is 2.50. The van der Waals surface area contributed by atoms with E-state index in [4.69, 9.17) is 0 Å². The van der Waals surface area contributed by atoms with Crippen LogP contribution in [0.4, 0.5) is 4.39 Å². The van der Waals surface area contributed by atoms with Crippen LogP contribution in [0.25, 0.3) is 11.8 Å². The molecule has 1 fully saturated rings. The molecule has 0 radical (unpaired) electrons. The first-order chi connectivity index (χ1) is 19.1. The lowest BCUT2D eigenvalue weighted by atomic mass is 9.60. The Morgan fingerprint density at radius 3 is 2.60 bits per heavy atom. The Labute approximate surface area is 233 Å². The monoisotopic (exact) mass is 558 g/mol. The highest BCUT2D eigenvalue weighted by atomic mass is 32.2. The third kappa shape index (κ3) is 4.31. The first kappa shape index (κ1) is 26.3. The molecule has 0 saturated heterocycles. The van der Waals surface area contributed by atoms with Gasteiger partial charge in [-0.25, -0.2) is 17.6 Å². The first-order valence-corrected chi connectivity index (χ1v) is 14.9. The Hall–Kier alpha value is -3.89. The maximum Gasteiger partial charge on any atom is 0.191 e. The molecule has 10 heteroatoms. The van der Waals surface area contributed by atoms with Gasteiger partial charge in [0.15, 0.2) is 5.78 Å². The van der Waals surface area contributed by atoms with Crippen molar-refractivity contribution in [3.05, 3.63) is 95.1 Å². The number of Topliss-reactive ketones (excluding diaryl/α,β-unsaturated/α-hetero) is 1. The van der Waals surface area contributed by atoms with Crippen molar-refractivity contribution in [1.82, 2.24) is 28.9 Å². The van der Waals surface area contributed by atoms with Crippen molar-refractivity contribution in [2.75, 3.05) is 7.05 Å². The zero-order chi connectivity index (χ0) is 28.2. The van der Waals surface area contributed by atoms with Crippen molar-refractivity contribution in [2.45, 2.75) is 43.5 Å². The standard InChI is InChI=1S/C30H31FN6O2S/c1-20-5-12-27(32-16-20)29(38)30-14-21-17-34-37(24-10-7-23(31)8-11-24)28(21)13-22(30)6-9-25(15-30)36(3)40(4,39)26-18-33-35(2)19-26/h5,7-8,10-13,16-19,25H,4,6,9,14-15H2,1-3H3/t25-,30-,40?/m0/s1. The number of hydrogen-bond donors (Lipinski definition) is 0. The van der Waals surface area contributed by atoms with Crippen LogP contribution in [0.3, 0.4) is 0 Å². The van der Waals surface area contributed by atoms with Crippen molar-refractivity contribution in [3.63, 3.8) is 0 Å². The molecule has 3 aromatic heterocycles. The topological polar surface area (TPSA) is 85.9 Å². The minimum absolute atomic E-state index is 0.0472. The Kier molecular flexibility index (Phi) is 6.35. The Morgan fingerprint density at radius 1 is 1.15 bits per heavy atom. The van der Waals surface area contributed by atoms with E-state index in [2.05, 4.69) is 27.1 Å². The number of ketones is 1. The van der Waals surface area contributed by atoms with Gasteiger partial charge in [-0.05, 0) is 93.1 Å². The van der Waals surface area contributed by atoms with Gasteiger partial charge in [0.05, 0.1) is 43.8 Å². The Balaban J connectivity index is 1.42. The van der Waals surface area contributed by atoms with Gasteiger partial charge in [-0.1, -0.05) is 11.6 Å². The smallest absolute Gasteiger partial charge is 0.191 e. The molecule has 0 N–H and O–H groups in total. The number of allylic oxidation sites excluding steroid dienone is 1. The van der Waals surface area contributed by atoms with E-state index in [0.29, 0.717) is 36.3 Å². The van der Waals surface area contributed by atoms with Crippen molar-refractivity contribution < 1.29 is 13.4 Å². The highest BCUT2D eigenvalue weighted by molar-refractivity contribution is 7.98. The molecule has 206 valence electrons. The normalized spacial score (nSPS) is 21.8. The predicted octanol–water partition coefficient (Wildman–Crippen LogP) is 4.43. The van der Waals surface area contributed by atoms with Crippen LogP contribution in [0.5, 0.6) is 0 Å². The highest BCUT2D eigenvalue weighted by Crippen LogP contribution is 2.51. The summed E-state index contributed by atoms with van der Waals surface area (Å²) < 4.78 is 32.8. The van der Waals surface area contributed by atoms with Crippen LogP contribution in [0.2, 0.25) is 0 Å². The molecule has 2 aliphatic rings. The van der Waals surface area contributed by atoms with Crippen LogP contribution in [-0.4, -0.2) is 57.8 Å². The summed E-state index contributed by atoms with van der Waals surface area (Å²) in [6, 6.07) is 9.74.